The van der Waals surface area contributed by atoms with Crippen molar-refractivity contribution in [3.8, 4) is 0 Å². The van der Waals surface area contributed by atoms with E-state index in [9.17, 15) is 27.9 Å². The number of halogens is 3. The maximum absolute atomic E-state index is 12.7. The Hall–Kier alpha value is -1.31. The highest BCUT2D eigenvalue weighted by molar-refractivity contribution is 5.92. The molecule has 0 aliphatic heterocycles. The van der Waals surface area contributed by atoms with Crippen molar-refractivity contribution in [2.45, 2.75) is 62.7 Å². The summed E-state index contributed by atoms with van der Waals surface area (Å²) in [6.07, 6.45) is -2.04. The van der Waals surface area contributed by atoms with Crippen LogP contribution in [0.5, 0.6) is 0 Å². The molecule has 1 unspecified atom stereocenters. The molecule has 5 nitrogen and oxygen atoms in total. The molecule has 0 aromatic carbocycles. The molecule has 1 rings (SSSR count). The average Bonchev–Trinajstić information content (AvgIpc) is 2.54. The molecule has 1 saturated carbocycles. The second-order valence-electron chi connectivity index (χ2n) is 5.46. The summed E-state index contributed by atoms with van der Waals surface area (Å²) in [7, 11) is 0. The van der Waals surface area contributed by atoms with Crippen LogP contribution < -0.4 is 11.1 Å². The topological polar surface area (TPSA) is 92.4 Å². The van der Waals surface area contributed by atoms with Crippen LogP contribution in [0.3, 0.4) is 0 Å². The summed E-state index contributed by atoms with van der Waals surface area (Å²) in [5.74, 6) is -2.82. The van der Waals surface area contributed by atoms with Crippen molar-refractivity contribution < 1.29 is 27.9 Å². The second kappa shape index (κ2) is 5.59. The van der Waals surface area contributed by atoms with Crippen LogP contribution in [0.25, 0.3) is 0 Å². The molecule has 0 heterocycles. The van der Waals surface area contributed by atoms with Crippen molar-refractivity contribution in [1.29, 1.82) is 0 Å². The Kier molecular flexibility index (Phi) is 4.68. The molecule has 0 saturated heterocycles. The largest absolute Gasteiger partial charge is 0.480 e. The number of carbonyl (C=O) groups excluding carboxylic acids is 1. The summed E-state index contributed by atoms with van der Waals surface area (Å²) < 4.78 is 38.1. The molecule has 1 amide bonds. The van der Waals surface area contributed by atoms with Crippen molar-refractivity contribution in [2.24, 2.45) is 5.73 Å². The molecule has 20 heavy (non-hydrogen) atoms. The van der Waals surface area contributed by atoms with E-state index >= 15 is 0 Å². The first kappa shape index (κ1) is 16.7. The highest BCUT2D eigenvalue weighted by Crippen LogP contribution is 2.31. The molecule has 1 aliphatic rings. The molecule has 1 atom stereocenters. The monoisotopic (exact) mass is 296 g/mol. The number of aliphatic carboxylic acids is 1. The summed E-state index contributed by atoms with van der Waals surface area (Å²) in [6, 6.07) is 0. The minimum atomic E-state index is -4.94. The Labute approximate surface area is 114 Å². The van der Waals surface area contributed by atoms with Gasteiger partial charge in [0.05, 0.1) is 0 Å². The number of rotatable bonds is 3. The molecule has 8 heteroatoms. The third-order valence-corrected chi connectivity index (χ3v) is 3.78. The normalized spacial score (nSPS) is 22.4. The minimum Gasteiger partial charge on any atom is -0.480 e. The first-order valence-electron chi connectivity index (χ1n) is 6.44. The predicted octanol–water partition coefficient (Wildman–Crippen LogP) is 1.56. The number of hydrogen-bond acceptors (Lipinski definition) is 3. The lowest BCUT2D eigenvalue weighted by Crippen LogP contribution is -2.66. The Morgan fingerprint density at radius 2 is 1.60 bits per heavy atom. The summed E-state index contributed by atoms with van der Waals surface area (Å²) in [6.45, 7) is 0.536. The molecule has 0 spiro atoms. The summed E-state index contributed by atoms with van der Waals surface area (Å²) in [5, 5.41) is 11.3. The molecule has 0 aromatic rings. The smallest absolute Gasteiger partial charge is 0.415 e. The fourth-order valence-corrected chi connectivity index (χ4v) is 2.20. The standard InChI is InChI=1S/C12H19F3N2O3/c1-10(16,12(13,14)15)8(18)17-11(9(19)20)6-4-2-3-5-7-11/h2-7,16H2,1H3,(H,17,18)(H,19,20). The Bertz CT molecular complexity index is 386. The summed E-state index contributed by atoms with van der Waals surface area (Å²) in [5.41, 5.74) is 0.260. The van der Waals surface area contributed by atoms with Gasteiger partial charge in [-0.15, -0.1) is 0 Å². The molecule has 116 valence electrons. The fourth-order valence-electron chi connectivity index (χ4n) is 2.20. The van der Waals surface area contributed by atoms with Gasteiger partial charge in [-0.25, -0.2) is 4.79 Å². The number of carboxylic acids is 1. The van der Waals surface area contributed by atoms with Gasteiger partial charge in [0.2, 0.25) is 5.91 Å². The first-order valence-corrected chi connectivity index (χ1v) is 6.44. The van der Waals surface area contributed by atoms with Gasteiger partial charge in [0.1, 0.15) is 5.54 Å². The molecule has 1 fully saturated rings. The zero-order valence-corrected chi connectivity index (χ0v) is 11.2. The maximum atomic E-state index is 12.7. The Balaban J connectivity index is 2.96. The molecule has 1 aliphatic carbocycles. The fraction of sp³-hybridized carbons (Fsp3) is 0.833. The van der Waals surface area contributed by atoms with Gasteiger partial charge in [0.15, 0.2) is 5.54 Å². The van der Waals surface area contributed by atoms with E-state index in [0.29, 0.717) is 19.8 Å². The van der Waals surface area contributed by atoms with Crippen molar-refractivity contribution in [1.82, 2.24) is 5.32 Å². The molecule has 0 bridgehead atoms. The third kappa shape index (κ3) is 3.23. The van der Waals surface area contributed by atoms with E-state index in [1.54, 1.807) is 0 Å². The van der Waals surface area contributed by atoms with E-state index in [4.69, 9.17) is 5.73 Å². The highest BCUT2D eigenvalue weighted by atomic mass is 19.4. The number of nitrogens with one attached hydrogen (secondary N) is 1. The van der Waals surface area contributed by atoms with Gasteiger partial charge in [0, 0.05) is 0 Å². The predicted molar refractivity (Wildman–Crippen MR) is 64.9 cm³/mol. The van der Waals surface area contributed by atoms with Crippen LogP contribution in [-0.2, 0) is 9.59 Å². The minimum absolute atomic E-state index is 0.113. The zero-order chi connectivity index (χ0) is 15.6. The van der Waals surface area contributed by atoms with Gasteiger partial charge in [0.25, 0.3) is 0 Å². The number of nitrogens with two attached hydrogens (primary N) is 1. The van der Waals surface area contributed by atoms with Gasteiger partial charge in [-0.1, -0.05) is 25.7 Å². The number of alkyl halides is 3. The Morgan fingerprint density at radius 3 is 1.95 bits per heavy atom. The molecular formula is C12H19F3N2O3. The van der Waals surface area contributed by atoms with Crippen LogP contribution in [0.15, 0.2) is 0 Å². The van der Waals surface area contributed by atoms with Crippen molar-refractivity contribution >= 4 is 11.9 Å². The van der Waals surface area contributed by atoms with Gasteiger partial charge in [-0.2, -0.15) is 13.2 Å². The lowest BCUT2D eigenvalue weighted by Gasteiger charge is -2.34. The quantitative estimate of drug-likeness (QED) is 0.689. The number of amides is 1. The average molecular weight is 296 g/mol. The van der Waals surface area contributed by atoms with E-state index < -0.39 is 29.1 Å². The van der Waals surface area contributed by atoms with E-state index in [2.05, 4.69) is 0 Å². The van der Waals surface area contributed by atoms with Gasteiger partial charge < -0.3 is 16.2 Å². The van der Waals surface area contributed by atoms with Crippen LogP contribution in [-0.4, -0.2) is 34.2 Å². The van der Waals surface area contributed by atoms with Gasteiger partial charge >= 0.3 is 12.1 Å². The van der Waals surface area contributed by atoms with E-state index in [-0.39, 0.29) is 12.8 Å². The van der Waals surface area contributed by atoms with Gasteiger partial charge in [-0.05, 0) is 19.8 Å². The molecule has 4 N–H and O–H groups in total. The lowest BCUT2D eigenvalue weighted by molar-refractivity contribution is -0.189. The maximum Gasteiger partial charge on any atom is 0.415 e. The lowest BCUT2D eigenvalue weighted by atomic mass is 9.88. The van der Waals surface area contributed by atoms with Crippen molar-refractivity contribution in [2.75, 3.05) is 0 Å². The number of carboxylic acid groups (broad SMARTS) is 1. The summed E-state index contributed by atoms with van der Waals surface area (Å²) in [4.78, 5) is 23.2. The van der Waals surface area contributed by atoms with Crippen LogP contribution >= 0.6 is 0 Å². The Morgan fingerprint density at radius 1 is 1.15 bits per heavy atom. The second-order valence-corrected chi connectivity index (χ2v) is 5.46. The van der Waals surface area contributed by atoms with E-state index in [0.717, 1.165) is 12.8 Å². The van der Waals surface area contributed by atoms with Crippen molar-refractivity contribution in [3.63, 3.8) is 0 Å². The van der Waals surface area contributed by atoms with Crippen molar-refractivity contribution in [3.05, 3.63) is 0 Å². The molecular weight excluding hydrogens is 277 g/mol. The van der Waals surface area contributed by atoms with Crippen LogP contribution in [0.2, 0.25) is 0 Å². The highest BCUT2D eigenvalue weighted by Gasteiger charge is 2.56. The van der Waals surface area contributed by atoms with Gasteiger partial charge in [-0.3, -0.25) is 4.79 Å². The molecule has 0 radical (unpaired) electrons. The van der Waals surface area contributed by atoms with Crippen LogP contribution in [0, 0.1) is 0 Å². The zero-order valence-electron chi connectivity index (χ0n) is 11.2. The molecule has 0 aromatic heterocycles. The van der Waals surface area contributed by atoms with E-state index in [1.165, 1.54) is 0 Å². The van der Waals surface area contributed by atoms with Crippen LogP contribution in [0.1, 0.15) is 45.4 Å². The summed E-state index contributed by atoms with van der Waals surface area (Å²) >= 11 is 0. The number of carbonyl (C=O) groups is 2. The third-order valence-electron chi connectivity index (χ3n) is 3.78. The SMILES string of the molecule is CC(N)(C(=O)NC1(C(=O)O)CCCCCC1)C(F)(F)F. The first-order chi connectivity index (χ1) is 9.03. The van der Waals surface area contributed by atoms with E-state index in [1.807, 2.05) is 5.32 Å². The van der Waals surface area contributed by atoms with Crippen LogP contribution in [0.4, 0.5) is 13.2 Å². The number of hydrogen-bond donors (Lipinski definition) is 3.